The van der Waals surface area contributed by atoms with Crippen LogP contribution in [0.4, 0.5) is 0 Å². The molecular weight excluding hydrogens is 432 g/mol. The van der Waals surface area contributed by atoms with Gasteiger partial charge in [0.1, 0.15) is 0 Å². The molecular formula is C31H38N2O2. The summed E-state index contributed by atoms with van der Waals surface area (Å²) in [5, 5.41) is 11.7. The monoisotopic (exact) mass is 470 g/mol. The second-order valence-electron chi connectivity index (χ2n) is 12.7. The summed E-state index contributed by atoms with van der Waals surface area (Å²) < 4.78 is 5.69. The fourth-order valence-electron chi connectivity index (χ4n) is 10.3. The highest BCUT2D eigenvalue weighted by atomic mass is 16.5. The molecule has 2 aliphatic heterocycles. The number of methoxy groups -OCH3 is 1. The summed E-state index contributed by atoms with van der Waals surface area (Å²) in [5.74, 6) is 3.47. The molecule has 4 bridgehead atoms. The first-order valence-corrected chi connectivity index (χ1v) is 14.1. The lowest BCUT2D eigenvalue weighted by Crippen LogP contribution is -2.69. The Labute approximate surface area is 209 Å². The number of hydrogen-bond acceptors (Lipinski definition) is 4. The van der Waals surface area contributed by atoms with Gasteiger partial charge in [-0.15, -0.1) is 0 Å². The maximum absolute atomic E-state index is 11.7. The summed E-state index contributed by atoms with van der Waals surface area (Å²) in [4.78, 5) is 5.74. The molecule has 4 heteroatoms. The van der Waals surface area contributed by atoms with Gasteiger partial charge in [0, 0.05) is 42.7 Å². The molecule has 4 aliphatic carbocycles. The standard InChI is InChI=1S/C31H38N2O2/c1-35-25-10-9-22-15-26-30-12-11-24-27(23(16-30)19-33(24)18-20-5-3-2-4-6-20)31(30,28(22)29(25)34)13-14-32(26)17-21-7-8-21/h2-6,9-10,21,23-24,26-27,34H,7-8,11-19H2,1H3/t23-,24?,26?,27?,30?,31?/m0/s1. The Bertz CT molecular complexity index is 1160. The first-order chi connectivity index (χ1) is 17.1. The normalized spacial score (nSPS) is 39.3. The fraction of sp³-hybridized carbons (Fsp3) is 0.613. The van der Waals surface area contributed by atoms with Crippen LogP contribution in [0.15, 0.2) is 42.5 Å². The van der Waals surface area contributed by atoms with E-state index < -0.39 is 0 Å². The number of nitrogens with zero attached hydrogens (tertiary/aromatic N) is 2. The molecule has 4 nitrogen and oxygen atoms in total. The number of piperidine rings is 1. The Morgan fingerprint density at radius 2 is 1.89 bits per heavy atom. The highest BCUT2D eigenvalue weighted by molar-refractivity contribution is 5.59. The van der Waals surface area contributed by atoms with E-state index in [9.17, 15) is 5.11 Å². The first-order valence-electron chi connectivity index (χ1n) is 14.1. The van der Waals surface area contributed by atoms with Gasteiger partial charge in [-0.1, -0.05) is 36.4 Å². The van der Waals surface area contributed by atoms with Crippen molar-refractivity contribution in [2.24, 2.45) is 23.2 Å². The van der Waals surface area contributed by atoms with Crippen LogP contribution in [0.5, 0.6) is 11.5 Å². The smallest absolute Gasteiger partial charge is 0.161 e. The van der Waals surface area contributed by atoms with Gasteiger partial charge < -0.3 is 9.84 Å². The lowest BCUT2D eigenvalue weighted by molar-refractivity contribution is -0.106. The molecule has 8 rings (SSSR count). The van der Waals surface area contributed by atoms with Crippen molar-refractivity contribution in [2.45, 2.75) is 69.0 Å². The molecule has 2 heterocycles. The van der Waals surface area contributed by atoms with Gasteiger partial charge in [0.05, 0.1) is 7.11 Å². The van der Waals surface area contributed by atoms with Gasteiger partial charge in [-0.25, -0.2) is 0 Å². The van der Waals surface area contributed by atoms with Crippen molar-refractivity contribution in [3.05, 3.63) is 59.2 Å². The van der Waals surface area contributed by atoms with Gasteiger partial charge in [-0.05, 0) is 91.9 Å². The highest BCUT2D eigenvalue weighted by Crippen LogP contribution is 2.76. The van der Waals surface area contributed by atoms with Crippen molar-refractivity contribution in [1.82, 2.24) is 9.80 Å². The topological polar surface area (TPSA) is 35.9 Å². The zero-order valence-electron chi connectivity index (χ0n) is 21.0. The molecule has 184 valence electrons. The van der Waals surface area contributed by atoms with E-state index in [2.05, 4.69) is 46.2 Å². The number of fused-ring (bicyclic) bond motifs is 1. The molecule has 0 spiro atoms. The average Bonchev–Trinajstić information content (AvgIpc) is 3.58. The average molecular weight is 471 g/mol. The molecule has 6 aliphatic rings. The van der Waals surface area contributed by atoms with E-state index in [0.29, 0.717) is 34.9 Å². The van der Waals surface area contributed by atoms with Crippen molar-refractivity contribution in [2.75, 3.05) is 26.7 Å². The van der Waals surface area contributed by atoms with Gasteiger partial charge in [0.25, 0.3) is 0 Å². The van der Waals surface area contributed by atoms with E-state index in [1.165, 1.54) is 74.8 Å². The second-order valence-corrected chi connectivity index (χ2v) is 12.7. The number of benzene rings is 2. The van der Waals surface area contributed by atoms with E-state index >= 15 is 0 Å². The van der Waals surface area contributed by atoms with Crippen LogP contribution < -0.4 is 4.74 Å². The van der Waals surface area contributed by atoms with Crippen molar-refractivity contribution in [3.63, 3.8) is 0 Å². The molecule has 6 atom stereocenters. The minimum atomic E-state index is 0.100. The molecule has 3 saturated carbocycles. The molecule has 1 N–H and O–H groups in total. The van der Waals surface area contributed by atoms with Crippen LogP contribution in [0.1, 0.15) is 55.2 Å². The Morgan fingerprint density at radius 1 is 1.03 bits per heavy atom. The van der Waals surface area contributed by atoms with E-state index in [4.69, 9.17) is 4.74 Å². The van der Waals surface area contributed by atoms with E-state index in [1.54, 1.807) is 7.11 Å². The maximum atomic E-state index is 11.7. The fourth-order valence-corrected chi connectivity index (χ4v) is 10.3. The number of aromatic hydroxyl groups is 1. The Morgan fingerprint density at radius 3 is 2.69 bits per heavy atom. The predicted molar refractivity (Wildman–Crippen MR) is 137 cm³/mol. The second kappa shape index (κ2) is 7.26. The summed E-state index contributed by atoms with van der Waals surface area (Å²) in [6.07, 6.45) is 9.16. The largest absolute Gasteiger partial charge is 0.504 e. The van der Waals surface area contributed by atoms with Crippen LogP contribution >= 0.6 is 0 Å². The minimum Gasteiger partial charge on any atom is -0.504 e. The lowest BCUT2D eigenvalue weighted by Gasteiger charge is -2.66. The van der Waals surface area contributed by atoms with Crippen LogP contribution in [0.3, 0.4) is 0 Å². The molecule has 0 radical (unpaired) electrons. The van der Waals surface area contributed by atoms with Crippen molar-refractivity contribution in [1.29, 1.82) is 0 Å². The summed E-state index contributed by atoms with van der Waals surface area (Å²) in [6.45, 7) is 4.80. The van der Waals surface area contributed by atoms with Gasteiger partial charge in [0.2, 0.25) is 0 Å². The van der Waals surface area contributed by atoms with Crippen LogP contribution in [0.25, 0.3) is 0 Å². The van der Waals surface area contributed by atoms with Gasteiger partial charge in [-0.3, -0.25) is 9.80 Å². The number of phenols is 1. The summed E-state index contributed by atoms with van der Waals surface area (Å²) in [7, 11) is 1.71. The SMILES string of the molecule is COc1ccc2c(c1O)C13CCN(CC4CC4)C(C2)C12CCC1C3[C@H](CN1Cc1ccccc1)C2. The number of rotatable bonds is 5. The highest BCUT2D eigenvalue weighted by Gasteiger charge is 2.76. The Kier molecular flexibility index (Phi) is 4.37. The molecule has 2 aromatic carbocycles. The predicted octanol–water partition coefficient (Wildman–Crippen LogP) is 4.98. The van der Waals surface area contributed by atoms with Gasteiger partial charge >= 0.3 is 0 Å². The number of phenolic OH excluding ortho intramolecular Hbond substituents is 1. The van der Waals surface area contributed by atoms with E-state index in [0.717, 1.165) is 24.8 Å². The zero-order chi connectivity index (χ0) is 23.4. The minimum absolute atomic E-state index is 0.100. The molecule has 5 unspecified atom stereocenters. The molecule has 2 saturated heterocycles. The van der Waals surface area contributed by atoms with E-state index in [-0.39, 0.29) is 5.41 Å². The number of ether oxygens (including phenoxy) is 1. The third-order valence-corrected chi connectivity index (χ3v) is 11.4. The van der Waals surface area contributed by atoms with Crippen LogP contribution in [-0.2, 0) is 18.4 Å². The number of likely N-dealkylation sites (tertiary alicyclic amines) is 2. The van der Waals surface area contributed by atoms with Crippen LogP contribution in [0, 0.1) is 23.2 Å². The Balaban J connectivity index is 1.26. The van der Waals surface area contributed by atoms with Crippen LogP contribution in [-0.4, -0.2) is 53.7 Å². The van der Waals surface area contributed by atoms with Gasteiger partial charge in [0.15, 0.2) is 11.5 Å². The van der Waals surface area contributed by atoms with Crippen molar-refractivity contribution >= 4 is 0 Å². The lowest BCUT2D eigenvalue weighted by atomic mass is 9.43. The Hall–Kier alpha value is -2.04. The summed E-state index contributed by atoms with van der Waals surface area (Å²) in [5.41, 5.74) is 4.57. The van der Waals surface area contributed by atoms with Crippen molar-refractivity contribution in [3.8, 4) is 11.5 Å². The maximum Gasteiger partial charge on any atom is 0.161 e. The van der Waals surface area contributed by atoms with Gasteiger partial charge in [-0.2, -0.15) is 0 Å². The quantitative estimate of drug-likeness (QED) is 0.669. The van der Waals surface area contributed by atoms with E-state index in [1.807, 2.05) is 6.07 Å². The first kappa shape index (κ1) is 21.1. The van der Waals surface area contributed by atoms with Crippen LogP contribution in [0.2, 0.25) is 0 Å². The number of hydrogen-bond donors (Lipinski definition) is 1. The molecule has 0 amide bonds. The molecule has 2 aromatic rings. The molecule has 0 aromatic heterocycles. The third kappa shape index (κ3) is 2.65. The molecule has 5 fully saturated rings. The third-order valence-electron chi connectivity index (χ3n) is 11.4. The van der Waals surface area contributed by atoms with Crippen molar-refractivity contribution < 1.29 is 9.84 Å². The zero-order valence-corrected chi connectivity index (χ0v) is 21.0. The summed E-state index contributed by atoms with van der Waals surface area (Å²) in [6, 6.07) is 16.7. The molecule has 35 heavy (non-hydrogen) atoms. The summed E-state index contributed by atoms with van der Waals surface area (Å²) >= 11 is 0.